The third kappa shape index (κ3) is 2.57. The summed E-state index contributed by atoms with van der Waals surface area (Å²) in [5, 5.41) is 5.02. The molecule has 0 spiro atoms. The van der Waals surface area contributed by atoms with Crippen LogP contribution in [-0.4, -0.2) is 4.98 Å². The summed E-state index contributed by atoms with van der Waals surface area (Å²) in [6.45, 7) is 3.34. The maximum absolute atomic E-state index is 10.9. The number of nitrogens with one attached hydrogen (secondary N) is 2. The standard InChI is InChI=1S/C10H12N2O2S/c1-7-2-3-14-9(7)5-11-4-8-6-15-10(13)12-8/h2-3,6,11H,4-5H2,1H3,(H,12,13). The fourth-order valence-electron chi connectivity index (χ4n) is 1.30. The second-order valence-corrected chi connectivity index (χ2v) is 4.15. The molecule has 80 valence electrons. The molecular weight excluding hydrogens is 212 g/mol. The second-order valence-electron chi connectivity index (χ2n) is 3.30. The Morgan fingerprint density at radius 2 is 2.40 bits per heavy atom. The van der Waals surface area contributed by atoms with Gasteiger partial charge < -0.3 is 14.7 Å². The van der Waals surface area contributed by atoms with Crippen molar-refractivity contribution in [1.29, 1.82) is 0 Å². The normalized spacial score (nSPS) is 10.7. The van der Waals surface area contributed by atoms with E-state index in [1.165, 1.54) is 11.3 Å². The van der Waals surface area contributed by atoms with Gasteiger partial charge in [-0.2, -0.15) is 0 Å². The number of H-pyrrole nitrogens is 1. The Bertz CT molecular complexity index is 483. The van der Waals surface area contributed by atoms with Gasteiger partial charge >= 0.3 is 4.87 Å². The molecular formula is C10H12N2O2S. The Morgan fingerprint density at radius 3 is 3.00 bits per heavy atom. The molecule has 0 atom stereocenters. The van der Waals surface area contributed by atoms with Crippen LogP contribution in [0, 0.1) is 6.92 Å². The van der Waals surface area contributed by atoms with Crippen LogP contribution in [0.3, 0.4) is 0 Å². The Balaban J connectivity index is 1.85. The molecule has 0 fully saturated rings. The minimum Gasteiger partial charge on any atom is -0.468 e. The lowest BCUT2D eigenvalue weighted by molar-refractivity contribution is 0.479. The lowest BCUT2D eigenvalue weighted by atomic mass is 10.3. The van der Waals surface area contributed by atoms with E-state index in [9.17, 15) is 4.79 Å². The maximum Gasteiger partial charge on any atom is 0.304 e. The molecule has 0 amide bonds. The topological polar surface area (TPSA) is 58.0 Å². The van der Waals surface area contributed by atoms with E-state index >= 15 is 0 Å². The van der Waals surface area contributed by atoms with E-state index < -0.39 is 0 Å². The quantitative estimate of drug-likeness (QED) is 0.829. The van der Waals surface area contributed by atoms with Gasteiger partial charge in [-0.15, -0.1) is 0 Å². The van der Waals surface area contributed by atoms with Crippen molar-refractivity contribution >= 4 is 11.3 Å². The molecule has 0 aliphatic rings. The van der Waals surface area contributed by atoms with Crippen LogP contribution in [0.4, 0.5) is 0 Å². The van der Waals surface area contributed by atoms with Crippen molar-refractivity contribution < 1.29 is 4.42 Å². The second kappa shape index (κ2) is 4.46. The number of furan rings is 1. The van der Waals surface area contributed by atoms with Crippen molar-refractivity contribution in [3.8, 4) is 0 Å². The molecule has 0 bridgehead atoms. The Hall–Kier alpha value is -1.33. The van der Waals surface area contributed by atoms with Crippen LogP contribution in [0.2, 0.25) is 0 Å². The van der Waals surface area contributed by atoms with Gasteiger partial charge in [0.1, 0.15) is 5.76 Å². The van der Waals surface area contributed by atoms with Crippen LogP contribution in [0.15, 0.2) is 26.9 Å². The monoisotopic (exact) mass is 224 g/mol. The Morgan fingerprint density at radius 1 is 1.53 bits per heavy atom. The van der Waals surface area contributed by atoms with Crippen LogP contribution in [-0.2, 0) is 13.1 Å². The first kappa shape index (κ1) is 10.2. The number of aromatic nitrogens is 1. The molecule has 0 unspecified atom stereocenters. The van der Waals surface area contributed by atoms with Crippen molar-refractivity contribution in [2.45, 2.75) is 20.0 Å². The molecule has 0 aromatic carbocycles. The Labute approximate surface area is 90.9 Å². The van der Waals surface area contributed by atoms with Gasteiger partial charge in [-0.3, -0.25) is 4.79 Å². The van der Waals surface area contributed by atoms with Crippen LogP contribution < -0.4 is 10.2 Å². The average Bonchev–Trinajstić information content (AvgIpc) is 2.77. The van der Waals surface area contributed by atoms with Gasteiger partial charge in [0.2, 0.25) is 0 Å². The Kier molecular flexibility index (Phi) is 3.03. The van der Waals surface area contributed by atoms with Crippen molar-refractivity contribution in [3.05, 3.63) is 44.4 Å². The summed E-state index contributed by atoms with van der Waals surface area (Å²) in [6.07, 6.45) is 1.68. The molecule has 2 aromatic rings. The van der Waals surface area contributed by atoms with E-state index in [2.05, 4.69) is 10.3 Å². The first-order valence-corrected chi connectivity index (χ1v) is 5.54. The zero-order valence-corrected chi connectivity index (χ0v) is 9.19. The molecule has 0 aliphatic carbocycles. The minimum absolute atomic E-state index is 0.0130. The molecule has 5 heteroatoms. The van der Waals surface area contributed by atoms with Gasteiger partial charge in [-0.05, 0) is 18.6 Å². The van der Waals surface area contributed by atoms with Crippen LogP contribution in [0.1, 0.15) is 17.0 Å². The van der Waals surface area contributed by atoms with Gasteiger partial charge in [0.25, 0.3) is 0 Å². The molecule has 2 N–H and O–H groups in total. The first-order chi connectivity index (χ1) is 7.25. The number of rotatable bonds is 4. The summed E-state index contributed by atoms with van der Waals surface area (Å²) >= 11 is 1.18. The van der Waals surface area contributed by atoms with Crippen molar-refractivity contribution in [3.63, 3.8) is 0 Å². The highest BCUT2D eigenvalue weighted by atomic mass is 32.1. The van der Waals surface area contributed by atoms with Crippen LogP contribution in [0.25, 0.3) is 0 Å². The zero-order valence-electron chi connectivity index (χ0n) is 8.37. The van der Waals surface area contributed by atoms with Crippen molar-refractivity contribution in [2.24, 2.45) is 0 Å². The van der Waals surface area contributed by atoms with Gasteiger partial charge in [0.05, 0.1) is 12.8 Å². The van der Waals surface area contributed by atoms with Gasteiger partial charge in [0.15, 0.2) is 0 Å². The summed E-state index contributed by atoms with van der Waals surface area (Å²) in [5.74, 6) is 0.938. The largest absolute Gasteiger partial charge is 0.468 e. The van der Waals surface area contributed by atoms with Crippen molar-refractivity contribution in [2.75, 3.05) is 0 Å². The van der Waals surface area contributed by atoms with E-state index in [-0.39, 0.29) is 4.87 Å². The fourth-order valence-corrected chi connectivity index (χ4v) is 1.88. The van der Waals surface area contributed by atoms with E-state index in [1.807, 2.05) is 18.4 Å². The minimum atomic E-state index is -0.0130. The summed E-state index contributed by atoms with van der Waals surface area (Å²) in [6, 6.07) is 1.93. The maximum atomic E-state index is 10.9. The van der Waals surface area contributed by atoms with Crippen LogP contribution >= 0.6 is 11.3 Å². The summed E-state index contributed by atoms with van der Waals surface area (Å²) in [7, 11) is 0. The molecule has 0 saturated carbocycles. The molecule has 2 rings (SSSR count). The molecule has 4 nitrogen and oxygen atoms in total. The predicted octanol–water partition coefficient (Wildman–Crippen LogP) is 1.63. The highest BCUT2D eigenvalue weighted by molar-refractivity contribution is 7.07. The lowest BCUT2D eigenvalue weighted by Crippen LogP contribution is -2.13. The molecule has 0 radical (unpaired) electrons. The van der Waals surface area contributed by atoms with Crippen LogP contribution in [0.5, 0.6) is 0 Å². The molecule has 0 aliphatic heterocycles. The third-order valence-electron chi connectivity index (χ3n) is 2.14. The van der Waals surface area contributed by atoms with E-state index in [0.717, 1.165) is 17.0 Å². The highest BCUT2D eigenvalue weighted by Gasteiger charge is 2.01. The first-order valence-electron chi connectivity index (χ1n) is 4.66. The summed E-state index contributed by atoms with van der Waals surface area (Å²) < 4.78 is 5.28. The number of hydrogen-bond acceptors (Lipinski definition) is 4. The molecule has 2 aromatic heterocycles. The fraction of sp³-hybridized carbons (Fsp3) is 0.300. The van der Waals surface area contributed by atoms with E-state index in [4.69, 9.17) is 4.42 Å². The summed E-state index contributed by atoms with van der Waals surface area (Å²) in [5.41, 5.74) is 2.05. The number of aryl methyl sites for hydroxylation is 1. The van der Waals surface area contributed by atoms with E-state index in [0.29, 0.717) is 13.1 Å². The number of hydrogen-bond donors (Lipinski definition) is 2. The summed E-state index contributed by atoms with van der Waals surface area (Å²) in [4.78, 5) is 13.6. The smallest absolute Gasteiger partial charge is 0.304 e. The van der Waals surface area contributed by atoms with Crippen molar-refractivity contribution in [1.82, 2.24) is 10.3 Å². The molecule has 2 heterocycles. The SMILES string of the molecule is Cc1ccoc1CNCc1csc(=O)[nH]1. The lowest BCUT2D eigenvalue weighted by Gasteiger charge is -2.00. The average molecular weight is 224 g/mol. The molecule has 15 heavy (non-hydrogen) atoms. The zero-order chi connectivity index (χ0) is 10.7. The number of thiazole rings is 1. The van der Waals surface area contributed by atoms with Gasteiger partial charge in [-0.25, -0.2) is 0 Å². The molecule has 0 saturated heterocycles. The van der Waals surface area contributed by atoms with Gasteiger partial charge in [-0.1, -0.05) is 11.3 Å². The van der Waals surface area contributed by atoms with Gasteiger partial charge in [0, 0.05) is 17.6 Å². The number of aromatic amines is 1. The van der Waals surface area contributed by atoms with E-state index in [1.54, 1.807) is 6.26 Å². The third-order valence-corrected chi connectivity index (χ3v) is 2.86. The highest BCUT2D eigenvalue weighted by Crippen LogP contribution is 2.08. The predicted molar refractivity (Wildman–Crippen MR) is 58.9 cm³/mol.